The summed E-state index contributed by atoms with van der Waals surface area (Å²) in [6.07, 6.45) is 0. The molecule has 0 aliphatic carbocycles. The summed E-state index contributed by atoms with van der Waals surface area (Å²) < 4.78 is 40.5. The van der Waals surface area contributed by atoms with E-state index >= 15 is 0 Å². The standard InChI is InChI=1S/C22H25FO6/c1-15(2)22(24)29-12-11-28-21-14-17(6-8-20(21)27-10-9-25-3)16-5-7-19(26-4)18(23)13-16/h5-8,13-14H,1,9-12H2,2-4H3. The van der Waals surface area contributed by atoms with Crippen molar-refractivity contribution >= 4 is 5.97 Å². The van der Waals surface area contributed by atoms with Gasteiger partial charge in [0.2, 0.25) is 0 Å². The molecule has 0 saturated heterocycles. The van der Waals surface area contributed by atoms with Crippen LogP contribution >= 0.6 is 0 Å². The fourth-order valence-corrected chi connectivity index (χ4v) is 2.41. The molecule has 2 aromatic rings. The molecule has 6 nitrogen and oxygen atoms in total. The third-order valence-corrected chi connectivity index (χ3v) is 3.90. The summed E-state index contributed by atoms with van der Waals surface area (Å²) in [4.78, 5) is 11.5. The second kappa shape index (κ2) is 11.1. The topological polar surface area (TPSA) is 63.2 Å². The van der Waals surface area contributed by atoms with Crippen LogP contribution in [0.3, 0.4) is 0 Å². The Morgan fingerprint density at radius 3 is 2.14 bits per heavy atom. The summed E-state index contributed by atoms with van der Waals surface area (Å²) in [5.41, 5.74) is 1.71. The zero-order chi connectivity index (χ0) is 21.2. The number of halogens is 1. The lowest BCUT2D eigenvalue weighted by Gasteiger charge is -2.15. The lowest BCUT2D eigenvalue weighted by molar-refractivity contribution is -0.139. The first-order chi connectivity index (χ1) is 14.0. The predicted octanol–water partition coefficient (Wildman–Crippen LogP) is 4.02. The Balaban J connectivity index is 2.17. The van der Waals surface area contributed by atoms with Gasteiger partial charge in [0.25, 0.3) is 0 Å². The Morgan fingerprint density at radius 1 is 0.897 bits per heavy atom. The van der Waals surface area contributed by atoms with E-state index in [0.29, 0.717) is 35.8 Å². The molecule has 29 heavy (non-hydrogen) atoms. The minimum absolute atomic E-state index is 0.0601. The van der Waals surface area contributed by atoms with Crippen LogP contribution in [0.25, 0.3) is 11.1 Å². The number of hydrogen-bond acceptors (Lipinski definition) is 6. The molecule has 0 aliphatic heterocycles. The van der Waals surface area contributed by atoms with Crippen LogP contribution in [0.2, 0.25) is 0 Å². The maximum Gasteiger partial charge on any atom is 0.333 e. The van der Waals surface area contributed by atoms with E-state index in [4.69, 9.17) is 23.7 Å². The average Bonchev–Trinajstić information content (AvgIpc) is 2.71. The first-order valence-electron chi connectivity index (χ1n) is 9.01. The smallest absolute Gasteiger partial charge is 0.333 e. The van der Waals surface area contributed by atoms with E-state index in [1.807, 2.05) is 0 Å². The quantitative estimate of drug-likeness (QED) is 0.320. The molecule has 0 radical (unpaired) electrons. The van der Waals surface area contributed by atoms with Crippen molar-refractivity contribution in [1.82, 2.24) is 0 Å². The van der Waals surface area contributed by atoms with E-state index < -0.39 is 11.8 Å². The fraction of sp³-hybridized carbons (Fsp3) is 0.318. The summed E-state index contributed by atoms with van der Waals surface area (Å²) >= 11 is 0. The summed E-state index contributed by atoms with van der Waals surface area (Å²) in [7, 11) is 2.99. The summed E-state index contributed by atoms with van der Waals surface area (Å²) in [6, 6.07) is 9.98. The summed E-state index contributed by atoms with van der Waals surface area (Å²) in [6.45, 7) is 6.04. The van der Waals surface area contributed by atoms with Crippen molar-refractivity contribution in [2.45, 2.75) is 6.92 Å². The third-order valence-electron chi connectivity index (χ3n) is 3.90. The number of rotatable bonds is 11. The Kier molecular flexibility index (Phi) is 8.48. The van der Waals surface area contributed by atoms with Crippen LogP contribution in [0.5, 0.6) is 17.2 Å². The highest BCUT2D eigenvalue weighted by atomic mass is 19.1. The van der Waals surface area contributed by atoms with Crippen LogP contribution in [0.4, 0.5) is 4.39 Å². The molecule has 0 spiro atoms. The highest BCUT2D eigenvalue weighted by Gasteiger charge is 2.11. The van der Waals surface area contributed by atoms with Crippen molar-refractivity contribution < 1.29 is 32.9 Å². The summed E-state index contributed by atoms with van der Waals surface area (Å²) in [5, 5.41) is 0. The van der Waals surface area contributed by atoms with E-state index in [2.05, 4.69) is 6.58 Å². The summed E-state index contributed by atoms with van der Waals surface area (Å²) in [5.74, 6) is 0.184. The van der Waals surface area contributed by atoms with Gasteiger partial charge in [-0.25, -0.2) is 9.18 Å². The van der Waals surface area contributed by atoms with Gasteiger partial charge in [-0.15, -0.1) is 0 Å². The average molecular weight is 404 g/mol. The van der Waals surface area contributed by atoms with Crippen LogP contribution in [-0.2, 0) is 14.3 Å². The molecule has 0 heterocycles. The van der Waals surface area contributed by atoms with E-state index in [0.717, 1.165) is 5.56 Å². The minimum atomic E-state index is -0.479. The Hall–Kier alpha value is -3.06. The van der Waals surface area contributed by atoms with Crippen LogP contribution in [0.1, 0.15) is 6.92 Å². The Bertz CT molecular complexity index is 849. The number of esters is 1. The number of benzene rings is 2. The molecule has 2 rings (SSSR count). The third kappa shape index (κ3) is 6.50. The van der Waals surface area contributed by atoms with Crippen molar-refractivity contribution in [3.05, 3.63) is 54.4 Å². The van der Waals surface area contributed by atoms with E-state index in [1.54, 1.807) is 44.4 Å². The normalized spacial score (nSPS) is 10.3. The van der Waals surface area contributed by atoms with Crippen molar-refractivity contribution in [3.63, 3.8) is 0 Å². The number of ether oxygens (including phenoxy) is 5. The molecule has 0 atom stereocenters. The predicted molar refractivity (Wildman–Crippen MR) is 107 cm³/mol. The van der Waals surface area contributed by atoms with Gasteiger partial charge in [-0.2, -0.15) is 0 Å². The fourth-order valence-electron chi connectivity index (χ4n) is 2.41. The van der Waals surface area contributed by atoms with Crippen LogP contribution in [-0.4, -0.2) is 46.6 Å². The zero-order valence-electron chi connectivity index (χ0n) is 16.8. The molecule has 2 aromatic carbocycles. The highest BCUT2D eigenvalue weighted by Crippen LogP contribution is 2.34. The first-order valence-corrected chi connectivity index (χ1v) is 9.01. The molecule has 0 unspecified atom stereocenters. The Labute approximate surface area is 169 Å². The van der Waals surface area contributed by atoms with Gasteiger partial charge in [0.15, 0.2) is 23.1 Å². The minimum Gasteiger partial charge on any atom is -0.494 e. The SMILES string of the molecule is C=C(C)C(=O)OCCOc1cc(-c2ccc(OC)c(F)c2)ccc1OCCOC. The number of carbonyl (C=O) groups is 1. The second-order valence-corrected chi connectivity index (χ2v) is 6.12. The van der Waals surface area contributed by atoms with Gasteiger partial charge in [0.05, 0.1) is 13.7 Å². The molecule has 0 bridgehead atoms. The number of carbonyl (C=O) groups excluding carboxylic acids is 1. The molecule has 156 valence electrons. The molecule has 7 heteroatoms. The molecule has 0 aliphatic rings. The zero-order valence-corrected chi connectivity index (χ0v) is 16.8. The molecule has 0 fully saturated rings. The lowest BCUT2D eigenvalue weighted by atomic mass is 10.0. The van der Waals surface area contributed by atoms with E-state index in [-0.39, 0.29) is 19.0 Å². The number of hydrogen-bond donors (Lipinski definition) is 0. The van der Waals surface area contributed by atoms with E-state index in [9.17, 15) is 9.18 Å². The molecular formula is C22H25FO6. The van der Waals surface area contributed by atoms with Gasteiger partial charge < -0.3 is 23.7 Å². The number of methoxy groups -OCH3 is 2. The largest absolute Gasteiger partial charge is 0.494 e. The van der Waals surface area contributed by atoms with Crippen molar-refractivity contribution in [3.8, 4) is 28.4 Å². The van der Waals surface area contributed by atoms with Gasteiger partial charge in [-0.1, -0.05) is 18.7 Å². The van der Waals surface area contributed by atoms with Crippen molar-refractivity contribution in [2.24, 2.45) is 0 Å². The van der Waals surface area contributed by atoms with Crippen LogP contribution in [0.15, 0.2) is 48.6 Å². The molecule has 0 saturated carbocycles. The maximum atomic E-state index is 14.1. The van der Waals surface area contributed by atoms with Gasteiger partial charge in [0, 0.05) is 12.7 Å². The van der Waals surface area contributed by atoms with Crippen LogP contribution < -0.4 is 14.2 Å². The Morgan fingerprint density at radius 2 is 1.52 bits per heavy atom. The monoisotopic (exact) mass is 404 g/mol. The molecule has 0 amide bonds. The van der Waals surface area contributed by atoms with Gasteiger partial charge >= 0.3 is 5.97 Å². The van der Waals surface area contributed by atoms with Crippen LogP contribution in [0, 0.1) is 5.82 Å². The second-order valence-electron chi connectivity index (χ2n) is 6.12. The van der Waals surface area contributed by atoms with Gasteiger partial charge in [-0.3, -0.25) is 0 Å². The van der Waals surface area contributed by atoms with Crippen molar-refractivity contribution in [2.75, 3.05) is 40.6 Å². The highest BCUT2D eigenvalue weighted by molar-refractivity contribution is 5.86. The molecule has 0 N–H and O–H groups in total. The van der Waals surface area contributed by atoms with Crippen molar-refractivity contribution in [1.29, 1.82) is 0 Å². The lowest BCUT2D eigenvalue weighted by Crippen LogP contribution is -2.13. The first kappa shape index (κ1) is 22.2. The van der Waals surface area contributed by atoms with Gasteiger partial charge in [0.1, 0.15) is 19.8 Å². The van der Waals surface area contributed by atoms with E-state index in [1.165, 1.54) is 13.2 Å². The maximum absolute atomic E-state index is 14.1. The van der Waals surface area contributed by atoms with Gasteiger partial charge in [-0.05, 0) is 42.3 Å². The molecule has 0 aromatic heterocycles. The molecular weight excluding hydrogens is 379 g/mol.